The maximum atomic E-state index is 4.95. The van der Waals surface area contributed by atoms with Crippen molar-refractivity contribution in [2.24, 2.45) is 0 Å². The summed E-state index contributed by atoms with van der Waals surface area (Å²) in [7, 11) is 0. The summed E-state index contributed by atoms with van der Waals surface area (Å²) in [6, 6.07) is 25.1. The van der Waals surface area contributed by atoms with Crippen LogP contribution in [-0.4, -0.2) is 9.97 Å². The highest BCUT2D eigenvalue weighted by atomic mass is 127. The number of nitrogens with zero attached hydrogens (tertiary/aromatic N) is 1. The molecule has 0 unspecified atom stereocenters. The van der Waals surface area contributed by atoms with E-state index < -0.39 is 0 Å². The molecule has 0 saturated carbocycles. The van der Waals surface area contributed by atoms with Crippen LogP contribution in [0.3, 0.4) is 0 Å². The predicted molar refractivity (Wildman–Crippen MR) is 128 cm³/mol. The quantitative estimate of drug-likeness (QED) is 0.236. The van der Waals surface area contributed by atoms with Gasteiger partial charge in [0.05, 0.1) is 11.4 Å². The Balaban J connectivity index is 1.92. The van der Waals surface area contributed by atoms with E-state index in [1.807, 2.05) is 18.2 Å². The number of halogens is 3. The Morgan fingerprint density at radius 1 is 0.731 bits per heavy atom. The van der Waals surface area contributed by atoms with Gasteiger partial charge in [0, 0.05) is 28.3 Å². The molecule has 1 N–H and O–H groups in total. The first kappa shape index (κ1) is 18.2. The van der Waals surface area contributed by atoms with Gasteiger partial charge in [-0.15, -0.1) is 0 Å². The number of aromatic nitrogens is 2. The minimum Gasteiger partial charge on any atom is -0.337 e. The van der Waals surface area contributed by atoms with Gasteiger partial charge >= 0.3 is 0 Å². The number of rotatable bonds is 3. The molecular weight excluding hydrogens is 614 g/mol. The van der Waals surface area contributed by atoms with Crippen molar-refractivity contribution in [2.45, 2.75) is 0 Å². The minimum atomic E-state index is 0.861. The number of aromatic amines is 1. The van der Waals surface area contributed by atoms with E-state index in [0.717, 1.165) is 38.4 Å². The summed E-state index contributed by atoms with van der Waals surface area (Å²) in [6.45, 7) is 0. The Bertz CT molecular complexity index is 991. The second-order valence-electron chi connectivity index (χ2n) is 5.80. The topological polar surface area (TPSA) is 28.7 Å². The van der Waals surface area contributed by atoms with Crippen LogP contribution in [0.5, 0.6) is 0 Å². The summed E-state index contributed by atoms with van der Waals surface area (Å²) in [4.78, 5) is 8.49. The highest BCUT2D eigenvalue weighted by Gasteiger charge is 2.16. The van der Waals surface area contributed by atoms with Crippen molar-refractivity contribution < 1.29 is 0 Å². The molecule has 0 aliphatic carbocycles. The van der Waals surface area contributed by atoms with Gasteiger partial charge in [-0.2, -0.15) is 0 Å². The lowest BCUT2D eigenvalue weighted by atomic mass is 10.1. The molecule has 0 aliphatic rings. The largest absolute Gasteiger partial charge is 0.337 e. The Labute approximate surface area is 187 Å². The van der Waals surface area contributed by atoms with Crippen molar-refractivity contribution in [3.63, 3.8) is 0 Å². The minimum absolute atomic E-state index is 0.861. The second-order valence-corrected chi connectivity index (χ2v) is 9.15. The number of nitrogens with one attached hydrogen (secondary N) is 1. The summed E-state index contributed by atoms with van der Waals surface area (Å²) in [5.41, 5.74) is 5.29. The summed E-state index contributed by atoms with van der Waals surface area (Å²) < 4.78 is 3.45. The van der Waals surface area contributed by atoms with Gasteiger partial charge in [0.2, 0.25) is 0 Å². The molecule has 0 bridgehead atoms. The van der Waals surface area contributed by atoms with E-state index in [2.05, 4.69) is 121 Å². The maximum Gasteiger partial charge on any atom is 0.139 e. The molecule has 1 aromatic heterocycles. The van der Waals surface area contributed by atoms with Crippen molar-refractivity contribution in [1.82, 2.24) is 9.97 Å². The smallest absolute Gasteiger partial charge is 0.139 e. The van der Waals surface area contributed by atoms with Crippen LogP contribution in [0.2, 0.25) is 0 Å². The molecule has 0 saturated heterocycles. The van der Waals surface area contributed by atoms with Gasteiger partial charge in [-0.25, -0.2) is 4.98 Å². The lowest BCUT2D eigenvalue weighted by molar-refractivity contribution is 1.30. The molecule has 0 spiro atoms. The van der Waals surface area contributed by atoms with E-state index in [-0.39, 0.29) is 0 Å². The molecule has 0 fully saturated rings. The Kier molecular flexibility index (Phi) is 5.47. The van der Waals surface area contributed by atoms with Crippen LogP contribution in [-0.2, 0) is 0 Å². The van der Waals surface area contributed by atoms with Crippen molar-refractivity contribution in [2.75, 3.05) is 0 Å². The van der Waals surface area contributed by atoms with Crippen LogP contribution in [0.4, 0.5) is 0 Å². The monoisotopic (exact) mass is 626 g/mol. The van der Waals surface area contributed by atoms with Gasteiger partial charge in [0.1, 0.15) is 5.82 Å². The Hall–Kier alpha value is -1.19. The van der Waals surface area contributed by atoms with Crippen LogP contribution in [0.25, 0.3) is 33.9 Å². The molecule has 1 heterocycles. The van der Waals surface area contributed by atoms with E-state index in [9.17, 15) is 0 Å². The van der Waals surface area contributed by atoms with Crippen molar-refractivity contribution in [1.29, 1.82) is 0 Å². The van der Waals surface area contributed by atoms with Gasteiger partial charge in [0.15, 0.2) is 0 Å². The molecule has 0 amide bonds. The molecule has 4 rings (SSSR count). The van der Waals surface area contributed by atoms with Gasteiger partial charge in [-0.05, 0) is 75.5 Å². The van der Waals surface area contributed by atoms with Crippen molar-refractivity contribution in [3.05, 3.63) is 84.4 Å². The van der Waals surface area contributed by atoms with Gasteiger partial charge in [-0.3, -0.25) is 0 Å². The zero-order valence-corrected chi connectivity index (χ0v) is 19.4. The van der Waals surface area contributed by atoms with Crippen LogP contribution in [0.1, 0.15) is 0 Å². The van der Waals surface area contributed by atoms with Gasteiger partial charge in [-0.1, -0.05) is 58.4 Å². The molecule has 0 aliphatic heterocycles. The summed E-state index contributed by atoms with van der Waals surface area (Å²) >= 11 is 8.29. The first-order valence-corrected chi connectivity index (χ1v) is 10.9. The normalized spacial score (nSPS) is 10.9. The lowest BCUT2D eigenvalue weighted by Crippen LogP contribution is -1.84. The fourth-order valence-corrected chi connectivity index (χ4v) is 3.99. The highest BCUT2D eigenvalue weighted by Crippen LogP contribution is 2.35. The number of benzene rings is 3. The van der Waals surface area contributed by atoms with E-state index in [0.29, 0.717) is 0 Å². The fourth-order valence-electron chi connectivity index (χ4n) is 2.80. The Morgan fingerprint density at radius 2 is 1.31 bits per heavy atom. The van der Waals surface area contributed by atoms with Gasteiger partial charge in [0.25, 0.3) is 0 Å². The van der Waals surface area contributed by atoms with Gasteiger partial charge < -0.3 is 4.98 Å². The number of imidazole rings is 1. The maximum absolute atomic E-state index is 4.95. The zero-order valence-electron chi connectivity index (χ0n) is 13.5. The van der Waals surface area contributed by atoms with E-state index >= 15 is 0 Å². The molecule has 3 aromatic carbocycles. The fraction of sp³-hybridized carbons (Fsp3) is 0. The third-order valence-corrected chi connectivity index (χ3v) is 6.21. The molecule has 0 radical (unpaired) electrons. The standard InChI is InChI=1S/C21H13BrI2N2/c22-18-4-2-1-3-17(18)21-25-19(13-5-9-15(23)10-6-13)20(26-21)14-7-11-16(24)12-8-14/h1-12H,(H,25,26). The SMILES string of the molecule is Brc1ccccc1-c1nc(-c2ccc(I)cc2)c(-c2ccc(I)cc2)[nH]1. The summed E-state index contributed by atoms with van der Waals surface area (Å²) in [5, 5.41) is 0. The van der Waals surface area contributed by atoms with E-state index in [1.165, 1.54) is 7.14 Å². The van der Waals surface area contributed by atoms with Crippen LogP contribution < -0.4 is 0 Å². The van der Waals surface area contributed by atoms with Crippen molar-refractivity contribution >= 4 is 61.1 Å². The number of hydrogen-bond acceptors (Lipinski definition) is 1. The first-order valence-electron chi connectivity index (χ1n) is 7.98. The second kappa shape index (κ2) is 7.82. The zero-order chi connectivity index (χ0) is 18.1. The number of hydrogen-bond donors (Lipinski definition) is 1. The number of H-pyrrole nitrogens is 1. The molecule has 5 heteroatoms. The lowest BCUT2D eigenvalue weighted by Gasteiger charge is -2.04. The first-order chi connectivity index (χ1) is 12.6. The molecule has 2 nitrogen and oxygen atoms in total. The molecule has 4 aromatic rings. The molecule has 0 atom stereocenters. The van der Waals surface area contributed by atoms with E-state index in [4.69, 9.17) is 4.98 Å². The van der Waals surface area contributed by atoms with Crippen LogP contribution in [0, 0.1) is 7.14 Å². The third-order valence-electron chi connectivity index (χ3n) is 4.08. The summed E-state index contributed by atoms with van der Waals surface area (Å²) in [5.74, 6) is 0.861. The Morgan fingerprint density at radius 3 is 1.92 bits per heavy atom. The summed E-state index contributed by atoms with van der Waals surface area (Å²) in [6.07, 6.45) is 0. The highest BCUT2D eigenvalue weighted by molar-refractivity contribution is 14.1. The third kappa shape index (κ3) is 3.75. The molecular formula is C21H13BrI2N2. The average molecular weight is 627 g/mol. The van der Waals surface area contributed by atoms with Crippen LogP contribution >= 0.6 is 61.1 Å². The molecule has 26 heavy (non-hydrogen) atoms. The molecule has 128 valence electrons. The van der Waals surface area contributed by atoms with Crippen LogP contribution in [0.15, 0.2) is 77.3 Å². The van der Waals surface area contributed by atoms with E-state index in [1.54, 1.807) is 0 Å². The van der Waals surface area contributed by atoms with Crippen molar-refractivity contribution in [3.8, 4) is 33.9 Å². The predicted octanol–water partition coefficient (Wildman–Crippen LogP) is 7.38. The average Bonchev–Trinajstić information content (AvgIpc) is 3.08.